The van der Waals surface area contributed by atoms with Crippen LogP contribution in [0.15, 0.2) is 30.9 Å². The Hall–Kier alpha value is -2.05. The summed E-state index contributed by atoms with van der Waals surface area (Å²) in [6.45, 7) is 0. The third-order valence-electron chi connectivity index (χ3n) is 1.95. The summed E-state index contributed by atoms with van der Waals surface area (Å²) < 4.78 is 38.7. The number of nitrogens with two attached hydrogens (primary N) is 1. The van der Waals surface area contributed by atoms with Crippen LogP contribution in [-0.2, 0) is 6.18 Å². The van der Waals surface area contributed by atoms with Crippen molar-refractivity contribution in [1.82, 2.24) is 14.8 Å². The van der Waals surface area contributed by atoms with Crippen LogP contribution in [0, 0.1) is 0 Å². The first-order chi connectivity index (χ1) is 7.47. The summed E-state index contributed by atoms with van der Waals surface area (Å²) in [5.41, 5.74) is 4.85. The van der Waals surface area contributed by atoms with E-state index in [2.05, 4.69) is 10.1 Å². The molecule has 0 saturated heterocycles. The summed E-state index contributed by atoms with van der Waals surface area (Å²) in [7, 11) is 0. The van der Waals surface area contributed by atoms with E-state index in [9.17, 15) is 13.2 Å². The number of aromatic nitrogens is 3. The van der Waals surface area contributed by atoms with Crippen molar-refractivity contribution in [2.24, 2.45) is 0 Å². The van der Waals surface area contributed by atoms with Gasteiger partial charge in [0.25, 0.3) is 0 Å². The Labute approximate surface area is 88.5 Å². The number of benzene rings is 1. The molecule has 0 saturated carbocycles. The fraction of sp³-hybridized carbons (Fsp3) is 0.111. The average molecular weight is 228 g/mol. The van der Waals surface area contributed by atoms with Crippen molar-refractivity contribution in [1.29, 1.82) is 0 Å². The number of nitrogen functional groups attached to an aromatic ring is 1. The minimum atomic E-state index is -4.43. The average Bonchev–Trinajstić information content (AvgIpc) is 2.68. The van der Waals surface area contributed by atoms with Gasteiger partial charge in [0.2, 0.25) is 0 Å². The topological polar surface area (TPSA) is 56.7 Å². The number of alkyl halides is 3. The maximum absolute atomic E-state index is 12.5. The van der Waals surface area contributed by atoms with Crippen molar-refractivity contribution in [3.05, 3.63) is 36.4 Å². The first-order valence-electron chi connectivity index (χ1n) is 4.29. The minimum Gasteiger partial charge on any atom is -0.399 e. The van der Waals surface area contributed by atoms with Gasteiger partial charge >= 0.3 is 6.18 Å². The number of rotatable bonds is 1. The van der Waals surface area contributed by atoms with Gasteiger partial charge in [-0.05, 0) is 18.2 Å². The molecule has 0 radical (unpaired) electrons. The molecule has 0 bridgehead atoms. The number of hydrogen-bond acceptors (Lipinski definition) is 3. The van der Waals surface area contributed by atoms with Gasteiger partial charge in [0, 0.05) is 5.69 Å². The summed E-state index contributed by atoms with van der Waals surface area (Å²) in [5.74, 6) is 0. The molecule has 1 aromatic heterocycles. The molecule has 0 spiro atoms. The first kappa shape index (κ1) is 10.5. The maximum Gasteiger partial charge on any atom is 0.416 e. The van der Waals surface area contributed by atoms with Crippen LogP contribution in [0.25, 0.3) is 5.69 Å². The van der Waals surface area contributed by atoms with Gasteiger partial charge in [-0.2, -0.15) is 18.3 Å². The Morgan fingerprint density at radius 2 is 1.94 bits per heavy atom. The van der Waals surface area contributed by atoms with Crippen LogP contribution in [0.3, 0.4) is 0 Å². The number of anilines is 1. The number of nitrogens with zero attached hydrogens (tertiary/aromatic N) is 3. The van der Waals surface area contributed by atoms with E-state index in [-0.39, 0.29) is 11.4 Å². The number of halogens is 3. The molecule has 2 N–H and O–H groups in total. The summed E-state index contributed by atoms with van der Waals surface area (Å²) in [5, 5.41) is 3.73. The maximum atomic E-state index is 12.5. The van der Waals surface area contributed by atoms with E-state index >= 15 is 0 Å². The molecule has 1 heterocycles. The molecule has 1 aromatic carbocycles. The van der Waals surface area contributed by atoms with E-state index in [0.717, 1.165) is 12.1 Å². The summed E-state index contributed by atoms with van der Waals surface area (Å²) in [4.78, 5) is 3.65. The molecule has 0 aliphatic rings. The highest BCUT2D eigenvalue weighted by Gasteiger charge is 2.31. The predicted octanol–water partition coefficient (Wildman–Crippen LogP) is 1.87. The van der Waals surface area contributed by atoms with Gasteiger partial charge in [0.05, 0.1) is 11.3 Å². The van der Waals surface area contributed by atoms with E-state index < -0.39 is 11.7 Å². The fourth-order valence-electron chi connectivity index (χ4n) is 1.27. The van der Waals surface area contributed by atoms with E-state index in [0.29, 0.717) is 0 Å². The highest BCUT2D eigenvalue weighted by Crippen LogP contribution is 2.31. The summed E-state index contributed by atoms with van der Waals surface area (Å²) in [6.07, 6.45) is -1.89. The van der Waals surface area contributed by atoms with Gasteiger partial charge in [0.15, 0.2) is 0 Å². The van der Waals surface area contributed by atoms with Crippen LogP contribution in [-0.4, -0.2) is 14.8 Å². The normalized spacial score (nSPS) is 11.7. The molecule has 7 heteroatoms. The number of hydrogen-bond donors (Lipinski definition) is 1. The molecular formula is C9H7F3N4. The molecule has 0 aliphatic carbocycles. The zero-order valence-corrected chi connectivity index (χ0v) is 7.94. The largest absolute Gasteiger partial charge is 0.416 e. The Bertz CT molecular complexity index is 490. The van der Waals surface area contributed by atoms with Crippen LogP contribution >= 0.6 is 0 Å². The standard InChI is InChI=1S/C9H7F3N4/c10-9(11,12)6-1-7(13)3-8(2-6)16-5-14-4-15-16/h1-5H,13H2. The second kappa shape index (κ2) is 3.51. The first-order valence-corrected chi connectivity index (χ1v) is 4.29. The van der Waals surface area contributed by atoms with Crippen molar-refractivity contribution in [2.75, 3.05) is 5.73 Å². The van der Waals surface area contributed by atoms with Gasteiger partial charge in [-0.1, -0.05) is 0 Å². The van der Waals surface area contributed by atoms with Gasteiger partial charge < -0.3 is 5.73 Å². The second-order valence-corrected chi connectivity index (χ2v) is 3.15. The fourth-order valence-corrected chi connectivity index (χ4v) is 1.27. The Balaban J connectivity index is 2.53. The smallest absolute Gasteiger partial charge is 0.399 e. The molecule has 2 rings (SSSR count). The molecule has 0 aliphatic heterocycles. The van der Waals surface area contributed by atoms with Gasteiger partial charge in [-0.25, -0.2) is 9.67 Å². The lowest BCUT2D eigenvalue weighted by Crippen LogP contribution is -2.07. The molecule has 0 atom stereocenters. The third kappa shape index (κ3) is 1.97. The zero-order chi connectivity index (χ0) is 11.8. The van der Waals surface area contributed by atoms with Gasteiger partial charge in [-0.3, -0.25) is 0 Å². The van der Waals surface area contributed by atoms with Crippen LogP contribution in [0.2, 0.25) is 0 Å². The monoisotopic (exact) mass is 228 g/mol. The minimum absolute atomic E-state index is 0.0281. The summed E-state index contributed by atoms with van der Waals surface area (Å²) >= 11 is 0. The van der Waals surface area contributed by atoms with Crippen molar-refractivity contribution < 1.29 is 13.2 Å². The van der Waals surface area contributed by atoms with E-state index in [1.807, 2.05) is 0 Å². The van der Waals surface area contributed by atoms with E-state index in [4.69, 9.17) is 5.73 Å². The van der Waals surface area contributed by atoms with Crippen LogP contribution < -0.4 is 5.73 Å². The van der Waals surface area contributed by atoms with Crippen molar-refractivity contribution in [2.45, 2.75) is 6.18 Å². The molecule has 0 unspecified atom stereocenters. The highest BCUT2D eigenvalue weighted by molar-refractivity contribution is 5.51. The van der Waals surface area contributed by atoms with Crippen LogP contribution in [0.1, 0.15) is 5.56 Å². The molecule has 84 valence electrons. The van der Waals surface area contributed by atoms with Crippen LogP contribution in [0.5, 0.6) is 0 Å². The van der Waals surface area contributed by atoms with E-state index in [1.54, 1.807) is 0 Å². The molecule has 4 nitrogen and oxygen atoms in total. The van der Waals surface area contributed by atoms with Crippen molar-refractivity contribution in [3.63, 3.8) is 0 Å². The molecule has 0 fully saturated rings. The molecule has 0 amide bonds. The Morgan fingerprint density at radius 1 is 1.19 bits per heavy atom. The van der Waals surface area contributed by atoms with Crippen molar-refractivity contribution >= 4 is 5.69 Å². The van der Waals surface area contributed by atoms with Crippen molar-refractivity contribution in [3.8, 4) is 5.69 Å². The van der Waals surface area contributed by atoms with Gasteiger partial charge in [0.1, 0.15) is 12.7 Å². The molecule has 2 aromatic rings. The molecular weight excluding hydrogens is 221 g/mol. The Kier molecular flexibility index (Phi) is 2.30. The Morgan fingerprint density at radius 3 is 2.50 bits per heavy atom. The lowest BCUT2D eigenvalue weighted by Gasteiger charge is -2.09. The molecule has 16 heavy (non-hydrogen) atoms. The predicted molar refractivity (Wildman–Crippen MR) is 50.8 cm³/mol. The SMILES string of the molecule is Nc1cc(-n2cncn2)cc(C(F)(F)F)c1. The third-order valence-corrected chi connectivity index (χ3v) is 1.95. The highest BCUT2D eigenvalue weighted by atomic mass is 19.4. The quantitative estimate of drug-likeness (QED) is 0.758. The lowest BCUT2D eigenvalue weighted by atomic mass is 10.1. The zero-order valence-electron chi connectivity index (χ0n) is 7.94. The lowest BCUT2D eigenvalue weighted by molar-refractivity contribution is -0.137. The van der Waals surface area contributed by atoms with E-state index in [1.165, 1.54) is 23.4 Å². The summed E-state index contributed by atoms with van der Waals surface area (Å²) in [6, 6.07) is 3.23. The van der Waals surface area contributed by atoms with Crippen LogP contribution in [0.4, 0.5) is 18.9 Å². The van der Waals surface area contributed by atoms with Gasteiger partial charge in [-0.15, -0.1) is 0 Å². The second-order valence-electron chi connectivity index (χ2n) is 3.15.